The van der Waals surface area contributed by atoms with Crippen molar-refractivity contribution < 1.29 is 0 Å². The van der Waals surface area contributed by atoms with Crippen molar-refractivity contribution in [2.75, 3.05) is 19.6 Å². The van der Waals surface area contributed by atoms with Crippen LogP contribution in [0.15, 0.2) is 11.6 Å². The molecule has 0 amide bonds. The van der Waals surface area contributed by atoms with Gasteiger partial charge in [-0.15, -0.1) is 0 Å². The van der Waals surface area contributed by atoms with Gasteiger partial charge in [0.05, 0.1) is 0 Å². The van der Waals surface area contributed by atoms with Crippen molar-refractivity contribution >= 4 is 0 Å². The average Bonchev–Trinajstić information content (AvgIpc) is 3.03. The van der Waals surface area contributed by atoms with Crippen molar-refractivity contribution in [3.8, 4) is 0 Å². The summed E-state index contributed by atoms with van der Waals surface area (Å²) in [6.45, 7) is 10.5. The summed E-state index contributed by atoms with van der Waals surface area (Å²) in [5.74, 6) is 0. The van der Waals surface area contributed by atoms with E-state index in [9.17, 15) is 0 Å². The Kier molecular flexibility index (Phi) is 5.47. The highest BCUT2D eigenvalue weighted by Gasteiger charge is 2.45. The van der Waals surface area contributed by atoms with Gasteiger partial charge in [-0.2, -0.15) is 0 Å². The summed E-state index contributed by atoms with van der Waals surface area (Å²) in [5, 5.41) is 3.84. The third-order valence-corrected chi connectivity index (χ3v) is 4.90. The minimum Gasteiger partial charge on any atom is -0.309 e. The van der Waals surface area contributed by atoms with Crippen LogP contribution in [0.3, 0.4) is 0 Å². The van der Waals surface area contributed by atoms with Gasteiger partial charge in [0, 0.05) is 11.6 Å². The molecule has 1 saturated heterocycles. The maximum absolute atomic E-state index is 3.84. The Labute approximate surface area is 119 Å². The molecule has 2 rings (SSSR count). The molecular weight excluding hydrogens is 232 g/mol. The molecule has 0 spiro atoms. The molecule has 1 atom stereocenters. The molecule has 2 nitrogen and oxygen atoms in total. The third kappa shape index (κ3) is 3.41. The smallest absolute Gasteiger partial charge is 0.0439 e. The average molecular weight is 264 g/mol. The fraction of sp³-hybridized carbons (Fsp3) is 0.882. The number of nitrogens with zero attached hydrogens (tertiary/aromatic N) is 1. The predicted molar refractivity (Wildman–Crippen MR) is 83.5 cm³/mol. The quantitative estimate of drug-likeness (QED) is 0.735. The van der Waals surface area contributed by atoms with Gasteiger partial charge in [-0.1, -0.05) is 31.4 Å². The van der Waals surface area contributed by atoms with Crippen LogP contribution in [0.1, 0.15) is 65.7 Å². The van der Waals surface area contributed by atoms with Crippen molar-refractivity contribution in [2.24, 2.45) is 0 Å². The number of allylic oxidation sites excluding steroid dienone is 1. The van der Waals surface area contributed by atoms with Crippen LogP contribution in [0.5, 0.6) is 0 Å². The van der Waals surface area contributed by atoms with Crippen LogP contribution in [-0.2, 0) is 0 Å². The normalized spacial score (nSPS) is 24.6. The van der Waals surface area contributed by atoms with Crippen LogP contribution in [0.4, 0.5) is 0 Å². The zero-order valence-corrected chi connectivity index (χ0v) is 13.2. The highest BCUT2D eigenvalue weighted by molar-refractivity contribution is 5.15. The lowest BCUT2D eigenvalue weighted by atomic mass is 9.85. The molecule has 1 unspecified atom stereocenters. The fourth-order valence-electron chi connectivity index (χ4n) is 4.01. The molecule has 1 aliphatic carbocycles. The van der Waals surface area contributed by atoms with E-state index in [2.05, 4.69) is 37.1 Å². The fourth-order valence-corrected chi connectivity index (χ4v) is 4.01. The summed E-state index contributed by atoms with van der Waals surface area (Å²) in [7, 11) is 0. The first-order valence-electron chi connectivity index (χ1n) is 8.32. The van der Waals surface area contributed by atoms with E-state index in [1.165, 1.54) is 63.6 Å². The summed E-state index contributed by atoms with van der Waals surface area (Å²) in [6, 6.07) is 0.554. The van der Waals surface area contributed by atoms with Crippen molar-refractivity contribution in [3.63, 3.8) is 0 Å². The molecule has 1 heterocycles. The van der Waals surface area contributed by atoms with Gasteiger partial charge in [0.25, 0.3) is 0 Å². The van der Waals surface area contributed by atoms with Crippen LogP contribution >= 0.6 is 0 Å². The topological polar surface area (TPSA) is 15.3 Å². The van der Waals surface area contributed by atoms with Gasteiger partial charge in [0.2, 0.25) is 0 Å². The molecule has 19 heavy (non-hydrogen) atoms. The van der Waals surface area contributed by atoms with Gasteiger partial charge in [-0.3, -0.25) is 4.90 Å². The lowest BCUT2D eigenvalue weighted by molar-refractivity contribution is 0.0939. The molecule has 2 heteroatoms. The number of rotatable bonds is 6. The van der Waals surface area contributed by atoms with Crippen molar-refractivity contribution in [1.29, 1.82) is 0 Å². The Hall–Kier alpha value is -0.340. The maximum Gasteiger partial charge on any atom is 0.0439 e. The van der Waals surface area contributed by atoms with Crippen LogP contribution in [0.2, 0.25) is 0 Å². The molecule has 0 aromatic rings. The first-order chi connectivity index (χ1) is 9.19. The van der Waals surface area contributed by atoms with E-state index in [0.29, 0.717) is 11.6 Å². The van der Waals surface area contributed by atoms with Crippen LogP contribution in [-0.4, -0.2) is 36.1 Å². The van der Waals surface area contributed by atoms with Gasteiger partial charge in [-0.25, -0.2) is 0 Å². The molecule has 110 valence electrons. The van der Waals surface area contributed by atoms with Crippen molar-refractivity contribution in [2.45, 2.75) is 77.3 Å². The molecule has 0 aromatic carbocycles. The number of nitrogens with one attached hydrogen (secondary N) is 1. The first-order valence-corrected chi connectivity index (χ1v) is 8.32. The minimum atomic E-state index is 0.420. The van der Waals surface area contributed by atoms with E-state index in [4.69, 9.17) is 0 Å². The molecule has 1 aliphatic heterocycles. The number of hydrogen-bond acceptors (Lipinski definition) is 2. The second kappa shape index (κ2) is 6.90. The Bertz CT molecular complexity index is 292. The summed E-state index contributed by atoms with van der Waals surface area (Å²) >= 11 is 0. The summed E-state index contributed by atoms with van der Waals surface area (Å²) < 4.78 is 0. The summed E-state index contributed by atoms with van der Waals surface area (Å²) in [4.78, 5) is 2.81. The molecule has 1 N–H and O–H groups in total. The van der Waals surface area contributed by atoms with E-state index in [1.807, 2.05) is 0 Å². The third-order valence-electron chi connectivity index (χ3n) is 4.90. The summed E-state index contributed by atoms with van der Waals surface area (Å²) in [5.41, 5.74) is 1.88. The SMILES string of the molecule is CCCNC(C=C(C)C)C1(N2CCCC2)CCCC1. The Morgan fingerprint density at radius 3 is 2.32 bits per heavy atom. The second-order valence-corrected chi connectivity index (χ2v) is 6.68. The molecule has 0 aromatic heterocycles. The number of hydrogen-bond donors (Lipinski definition) is 1. The van der Waals surface area contributed by atoms with E-state index in [0.717, 1.165) is 6.54 Å². The van der Waals surface area contributed by atoms with Gasteiger partial charge in [0.1, 0.15) is 0 Å². The molecule has 2 fully saturated rings. The number of likely N-dealkylation sites (tertiary alicyclic amines) is 1. The monoisotopic (exact) mass is 264 g/mol. The van der Waals surface area contributed by atoms with Crippen LogP contribution < -0.4 is 5.32 Å². The second-order valence-electron chi connectivity index (χ2n) is 6.68. The first kappa shape index (κ1) is 15.1. The van der Waals surface area contributed by atoms with Gasteiger partial charge in [0.15, 0.2) is 0 Å². The largest absolute Gasteiger partial charge is 0.309 e. The lowest BCUT2D eigenvalue weighted by Crippen LogP contribution is -2.58. The molecule has 0 radical (unpaired) electrons. The van der Waals surface area contributed by atoms with Gasteiger partial charge < -0.3 is 5.32 Å². The van der Waals surface area contributed by atoms with Crippen molar-refractivity contribution in [3.05, 3.63) is 11.6 Å². The zero-order valence-electron chi connectivity index (χ0n) is 13.2. The Morgan fingerprint density at radius 1 is 1.16 bits per heavy atom. The van der Waals surface area contributed by atoms with Crippen LogP contribution in [0, 0.1) is 0 Å². The molecule has 2 aliphatic rings. The predicted octanol–water partition coefficient (Wildman–Crippen LogP) is 3.73. The van der Waals surface area contributed by atoms with E-state index < -0.39 is 0 Å². The maximum atomic E-state index is 3.84. The molecule has 0 bridgehead atoms. The molecular formula is C17H32N2. The van der Waals surface area contributed by atoms with E-state index in [1.54, 1.807) is 0 Å². The van der Waals surface area contributed by atoms with Gasteiger partial charge >= 0.3 is 0 Å². The zero-order chi connectivity index (χ0) is 13.7. The minimum absolute atomic E-state index is 0.420. The highest BCUT2D eigenvalue weighted by Crippen LogP contribution is 2.40. The lowest BCUT2D eigenvalue weighted by Gasteiger charge is -2.44. The van der Waals surface area contributed by atoms with Crippen LogP contribution in [0.25, 0.3) is 0 Å². The molecule has 1 saturated carbocycles. The van der Waals surface area contributed by atoms with E-state index in [-0.39, 0.29) is 0 Å². The Balaban J connectivity index is 2.19. The van der Waals surface area contributed by atoms with Gasteiger partial charge in [-0.05, 0) is 65.6 Å². The van der Waals surface area contributed by atoms with E-state index >= 15 is 0 Å². The van der Waals surface area contributed by atoms with Crippen molar-refractivity contribution in [1.82, 2.24) is 10.2 Å². The standard InChI is InChI=1S/C17H32N2/c1-4-11-18-16(14-15(2)3)17(9-5-6-10-17)19-12-7-8-13-19/h14,16,18H,4-13H2,1-3H3. The summed E-state index contributed by atoms with van der Waals surface area (Å²) in [6.07, 6.45) is 12.1. The highest BCUT2D eigenvalue weighted by atomic mass is 15.2. The Morgan fingerprint density at radius 2 is 1.79 bits per heavy atom.